The van der Waals surface area contributed by atoms with Crippen molar-refractivity contribution in [3.63, 3.8) is 0 Å². The lowest BCUT2D eigenvalue weighted by Gasteiger charge is -2.63. The first-order valence-corrected chi connectivity index (χ1v) is 20.1. The highest BCUT2D eigenvalue weighted by Crippen LogP contribution is 2.67. The number of benzene rings is 2. The maximum atomic E-state index is 15.2. The third kappa shape index (κ3) is 4.56. The monoisotopic (exact) mass is 751 g/mol. The first-order valence-electron chi connectivity index (χ1n) is 20.1. The molecule has 1 saturated carbocycles. The summed E-state index contributed by atoms with van der Waals surface area (Å²) in [6.45, 7) is 8.77. The van der Waals surface area contributed by atoms with Gasteiger partial charge in [-0.1, -0.05) is 44.2 Å². The van der Waals surface area contributed by atoms with Crippen molar-refractivity contribution < 1.29 is 34.4 Å². The van der Waals surface area contributed by atoms with Crippen LogP contribution in [0.15, 0.2) is 48.6 Å². The van der Waals surface area contributed by atoms with Crippen molar-refractivity contribution in [2.24, 2.45) is 11.3 Å². The highest BCUT2D eigenvalue weighted by Gasteiger charge is 2.78. The third-order valence-electron chi connectivity index (χ3n) is 15.2. The Kier molecular flexibility index (Phi) is 8.30. The van der Waals surface area contributed by atoms with Gasteiger partial charge in [-0.3, -0.25) is 19.4 Å². The number of hydrogen-bond acceptors (Lipinski definition) is 10. The van der Waals surface area contributed by atoms with Crippen LogP contribution in [0.1, 0.15) is 68.8 Å². The van der Waals surface area contributed by atoms with Crippen LogP contribution in [0.4, 0.5) is 5.69 Å². The van der Waals surface area contributed by atoms with E-state index >= 15 is 4.79 Å². The highest BCUT2D eigenvalue weighted by atomic mass is 16.5. The van der Waals surface area contributed by atoms with Gasteiger partial charge in [0, 0.05) is 84.0 Å². The predicted molar refractivity (Wildman–Crippen MR) is 209 cm³/mol. The number of piperidine rings is 1. The number of ether oxygens (including phenoxy) is 2. The van der Waals surface area contributed by atoms with Crippen molar-refractivity contribution in [2.75, 3.05) is 58.9 Å². The van der Waals surface area contributed by atoms with E-state index in [1.807, 2.05) is 56.5 Å². The van der Waals surface area contributed by atoms with Gasteiger partial charge in [0.05, 0.1) is 25.9 Å². The molecule has 1 radical (unpaired) electrons. The minimum atomic E-state index is -2.08. The summed E-state index contributed by atoms with van der Waals surface area (Å²) in [5.41, 5.74) is -1.10. The average Bonchev–Trinajstić information content (AvgIpc) is 3.84. The number of nitrogens with one attached hydrogen (secondary N) is 1. The fourth-order valence-electron chi connectivity index (χ4n) is 12.9. The molecule has 5 aliphatic heterocycles. The zero-order valence-electron chi connectivity index (χ0n) is 32.9. The Labute approximate surface area is 323 Å². The van der Waals surface area contributed by atoms with Gasteiger partial charge in [0.1, 0.15) is 17.3 Å². The molecule has 11 nitrogen and oxygen atoms in total. The van der Waals surface area contributed by atoms with Crippen LogP contribution in [-0.2, 0) is 31.6 Å². The van der Waals surface area contributed by atoms with E-state index in [0.29, 0.717) is 69.6 Å². The maximum Gasteiger partial charge on any atom is 0.322 e. The molecule has 11 heteroatoms. The molecule has 2 saturated heterocycles. The molecular weight excluding hydrogens is 697 g/mol. The molecule has 6 heterocycles. The van der Waals surface area contributed by atoms with Crippen LogP contribution in [0.3, 0.4) is 0 Å². The molecule has 1 spiro atoms. The van der Waals surface area contributed by atoms with Crippen molar-refractivity contribution in [3.8, 4) is 5.75 Å². The van der Waals surface area contributed by atoms with Crippen molar-refractivity contribution in [1.82, 2.24) is 14.8 Å². The SMILES string of the molecule is CC[C@]1(O)[CH]C2CN(CCc3c([nH]c4ccccc34)[C@@](C(=O)OC)(c3cc4c(cc3OC)N(C)C3C45CCN4CC=C[C@](CC)(C45)[C@@H](O)[C@]3(O)C(C)=O)C2)C1. The first kappa shape index (κ1) is 36.9. The number of H-pyrrole nitrogens is 1. The molecule has 10 atom stereocenters. The lowest BCUT2D eigenvalue weighted by molar-refractivity contribution is -0.200. The number of anilines is 1. The van der Waals surface area contributed by atoms with Gasteiger partial charge >= 0.3 is 5.97 Å². The summed E-state index contributed by atoms with van der Waals surface area (Å²) in [4.78, 5) is 39.6. The molecular formula is C44H55N4O7. The molecule has 1 aliphatic carbocycles. The standard InChI is InChI=1S/C44H55N4O7/c1-7-40(52)22-27-23-43(39(51)55-6,35-29(14-18-47(24-27)25-40)28-12-9-10-13-32(28)45-35)31-20-30-33(21-34(31)54-5)46(4)37-42(30)16-19-48-17-11-15-41(8-2,36(42)48)38(50)44(37,53)26(3)49/h9-13,15,20-22,27,36-38,45,50,52-53H,7-8,14,16-19,23-25H2,1-6H3/t27?,36?,37?,38-,40+,41-,42?,43+,44+/m1/s1. The summed E-state index contributed by atoms with van der Waals surface area (Å²) in [5.74, 6) is -0.596. The number of fused-ring (bicyclic) bond motifs is 6. The summed E-state index contributed by atoms with van der Waals surface area (Å²) in [6, 6.07) is 11.3. The molecule has 2 bridgehead atoms. The molecule has 4 N–H and O–H groups in total. The quantitative estimate of drug-likeness (QED) is 0.218. The van der Waals surface area contributed by atoms with Crippen LogP contribution < -0.4 is 9.64 Å². The molecule has 6 aliphatic rings. The number of rotatable bonds is 6. The van der Waals surface area contributed by atoms with E-state index in [1.54, 1.807) is 7.11 Å². The number of esters is 1. The summed E-state index contributed by atoms with van der Waals surface area (Å²) < 4.78 is 12.2. The Morgan fingerprint density at radius 3 is 2.53 bits per heavy atom. The number of Topliss-reactive ketones (excluding diaryl/α,β-unsaturated/α-hetero) is 1. The van der Waals surface area contributed by atoms with E-state index in [9.17, 15) is 20.1 Å². The largest absolute Gasteiger partial charge is 0.496 e. The minimum absolute atomic E-state index is 0.187. The van der Waals surface area contributed by atoms with E-state index in [1.165, 1.54) is 14.0 Å². The zero-order chi connectivity index (χ0) is 38.9. The lowest BCUT2D eigenvalue weighted by Crippen LogP contribution is -2.80. The molecule has 9 rings (SSSR count). The van der Waals surface area contributed by atoms with Gasteiger partial charge in [0.15, 0.2) is 11.4 Å². The summed E-state index contributed by atoms with van der Waals surface area (Å²) in [5, 5.41) is 38.1. The number of methoxy groups -OCH3 is 2. The topological polar surface area (TPSA) is 139 Å². The van der Waals surface area contributed by atoms with E-state index in [-0.39, 0.29) is 12.0 Å². The summed E-state index contributed by atoms with van der Waals surface area (Å²) in [6.07, 6.45) is 7.53. The average molecular weight is 752 g/mol. The Hall–Kier alpha value is -3.74. The van der Waals surface area contributed by atoms with Crippen LogP contribution in [-0.4, -0.2) is 125 Å². The van der Waals surface area contributed by atoms with Crippen LogP contribution in [0.25, 0.3) is 10.9 Å². The smallest absolute Gasteiger partial charge is 0.322 e. The van der Waals surface area contributed by atoms with Gasteiger partial charge in [0.25, 0.3) is 0 Å². The second kappa shape index (κ2) is 12.4. The maximum absolute atomic E-state index is 15.2. The van der Waals surface area contributed by atoms with E-state index in [4.69, 9.17) is 9.47 Å². The van der Waals surface area contributed by atoms with Gasteiger partial charge in [0.2, 0.25) is 0 Å². The summed E-state index contributed by atoms with van der Waals surface area (Å²) in [7, 11) is 4.96. The molecule has 0 amide bonds. The molecule has 3 aromatic rings. The predicted octanol–water partition coefficient (Wildman–Crippen LogP) is 3.65. The number of aliphatic hydroxyl groups excluding tert-OH is 1. The Balaban J connectivity index is 1.36. The van der Waals surface area contributed by atoms with Gasteiger partial charge in [-0.05, 0) is 81.2 Å². The molecule has 1 aromatic heterocycles. The van der Waals surface area contributed by atoms with Crippen LogP contribution in [0.2, 0.25) is 0 Å². The number of ketones is 1. The normalized spacial score (nSPS) is 39.0. The van der Waals surface area contributed by atoms with E-state index in [2.05, 4.69) is 39.1 Å². The van der Waals surface area contributed by atoms with Crippen molar-refractivity contribution in [2.45, 2.75) is 93.1 Å². The first-order chi connectivity index (χ1) is 26.3. The Bertz CT molecular complexity index is 2120. The van der Waals surface area contributed by atoms with Crippen molar-refractivity contribution in [1.29, 1.82) is 0 Å². The van der Waals surface area contributed by atoms with Crippen LogP contribution in [0, 0.1) is 17.8 Å². The lowest BCUT2D eigenvalue weighted by atomic mass is 9.47. The molecule has 5 unspecified atom stereocenters. The molecule has 2 aromatic carbocycles. The summed E-state index contributed by atoms with van der Waals surface area (Å²) >= 11 is 0. The number of aromatic nitrogens is 1. The highest BCUT2D eigenvalue weighted by molar-refractivity contribution is 5.95. The molecule has 3 fully saturated rings. The van der Waals surface area contributed by atoms with Crippen LogP contribution >= 0.6 is 0 Å². The third-order valence-corrected chi connectivity index (χ3v) is 15.2. The number of likely N-dealkylation sites (N-methyl/N-ethyl adjacent to an activating group) is 1. The number of nitrogens with zero attached hydrogens (tertiary/aromatic N) is 3. The number of carbonyl (C=O) groups excluding carboxylic acids is 2. The van der Waals surface area contributed by atoms with Gasteiger partial charge in [-0.15, -0.1) is 0 Å². The van der Waals surface area contributed by atoms with Crippen molar-refractivity contribution in [3.05, 3.63) is 77.4 Å². The van der Waals surface area contributed by atoms with Crippen molar-refractivity contribution >= 4 is 28.3 Å². The number of aromatic amines is 1. The van der Waals surface area contributed by atoms with Crippen LogP contribution in [0.5, 0.6) is 5.75 Å². The second-order valence-electron chi connectivity index (χ2n) is 17.4. The van der Waals surface area contributed by atoms with E-state index < -0.39 is 51.3 Å². The zero-order valence-corrected chi connectivity index (χ0v) is 32.9. The fraction of sp³-hybridized carbons (Fsp3) is 0.568. The van der Waals surface area contributed by atoms with Gasteiger partial charge in [-0.25, -0.2) is 0 Å². The molecule has 293 valence electrons. The fourth-order valence-corrected chi connectivity index (χ4v) is 12.9. The number of aliphatic hydroxyl groups is 3. The molecule has 55 heavy (non-hydrogen) atoms. The Morgan fingerprint density at radius 1 is 1.04 bits per heavy atom. The van der Waals surface area contributed by atoms with Gasteiger partial charge in [-0.2, -0.15) is 0 Å². The van der Waals surface area contributed by atoms with Gasteiger partial charge < -0.3 is 34.7 Å². The number of para-hydroxylation sites is 1. The Morgan fingerprint density at radius 2 is 1.82 bits per heavy atom. The number of carbonyl (C=O) groups is 2. The second-order valence-corrected chi connectivity index (χ2v) is 17.4. The van der Waals surface area contributed by atoms with E-state index in [0.717, 1.165) is 40.0 Å². The minimum Gasteiger partial charge on any atom is -0.496 e. The number of hydrogen-bond donors (Lipinski definition) is 4.